The van der Waals surface area contributed by atoms with Crippen molar-refractivity contribution in [3.05, 3.63) is 11.7 Å². The molecule has 0 N–H and O–H groups in total. The highest BCUT2D eigenvalue weighted by Crippen LogP contribution is 2.00. The van der Waals surface area contributed by atoms with Gasteiger partial charge in [-0.3, -0.25) is 4.79 Å². The van der Waals surface area contributed by atoms with Gasteiger partial charge in [0.15, 0.2) is 11.6 Å². The van der Waals surface area contributed by atoms with E-state index in [4.69, 9.17) is 18.7 Å². The van der Waals surface area contributed by atoms with E-state index in [1.807, 2.05) is 0 Å². The maximum atomic E-state index is 11.3. The summed E-state index contributed by atoms with van der Waals surface area (Å²) in [5.74, 6) is 0.751. The molecule has 7 heteroatoms. The predicted molar refractivity (Wildman–Crippen MR) is 61.3 cm³/mol. The third kappa shape index (κ3) is 5.85. The van der Waals surface area contributed by atoms with Crippen LogP contribution in [0.25, 0.3) is 0 Å². The van der Waals surface area contributed by atoms with Crippen molar-refractivity contribution >= 4 is 5.78 Å². The summed E-state index contributed by atoms with van der Waals surface area (Å²) < 4.78 is 19.8. The molecule has 7 nitrogen and oxygen atoms in total. The normalized spacial score (nSPS) is 10.8. The average Bonchev–Trinajstić information content (AvgIpc) is 2.77. The lowest BCUT2D eigenvalue weighted by Crippen LogP contribution is -2.10. The Morgan fingerprint density at radius 2 is 2.06 bits per heavy atom. The Balaban J connectivity index is 2.23. The Morgan fingerprint density at radius 3 is 2.78 bits per heavy atom. The third-order valence-corrected chi connectivity index (χ3v) is 2.07. The number of ether oxygens (including phenoxy) is 3. The zero-order valence-corrected chi connectivity index (χ0v) is 10.7. The van der Waals surface area contributed by atoms with Crippen molar-refractivity contribution in [2.24, 2.45) is 0 Å². The molecule has 0 fully saturated rings. The van der Waals surface area contributed by atoms with Crippen LogP contribution in [-0.4, -0.2) is 56.6 Å². The van der Waals surface area contributed by atoms with Crippen molar-refractivity contribution in [3.63, 3.8) is 0 Å². The average molecular weight is 258 g/mol. The highest BCUT2D eigenvalue weighted by atomic mass is 16.5. The smallest absolute Gasteiger partial charge is 0.234 e. The minimum absolute atomic E-state index is 0.0534. The van der Waals surface area contributed by atoms with Crippen LogP contribution >= 0.6 is 0 Å². The van der Waals surface area contributed by atoms with Crippen LogP contribution < -0.4 is 0 Å². The van der Waals surface area contributed by atoms with Gasteiger partial charge in [-0.25, -0.2) is 0 Å². The first-order valence-corrected chi connectivity index (χ1v) is 5.65. The van der Waals surface area contributed by atoms with Gasteiger partial charge in [0.25, 0.3) is 0 Å². The zero-order valence-electron chi connectivity index (χ0n) is 10.7. The van der Waals surface area contributed by atoms with Crippen LogP contribution in [-0.2, 0) is 31.8 Å². The quantitative estimate of drug-likeness (QED) is 0.547. The van der Waals surface area contributed by atoms with Crippen molar-refractivity contribution in [3.8, 4) is 0 Å². The van der Waals surface area contributed by atoms with E-state index in [0.717, 1.165) is 0 Å². The summed E-state index contributed by atoms with van der Waals surface area (Å²) in [5.41, 5.74) is 0. The summed E-state index contributed by atoms with van der Waals surface area (Å²) in [5, 5.41) is 3.76. The molecular weight excluding hydrogens is 240 g/mol. The molecule has 0 aliphatic heterocycles. The molecular formula is C11H18N2O5. The van der Waals surface area contributed by atoms with Gasteiger partial charge in [-0.05, 0) is 0 Å². The molecule has 0 bridgehead atoms. The maximum Gasteiger partial charge on any atom is 0.234 e. The molecule has 0 saturated heterocycles. The molecule has 0 aliphatic rings. The largest absolute Gasteiger partial charge is 0.382 e. The summed E-state index contributed by atoms with van der Waals surface area (Å²) in [6.07, 6.45) is 0.650. The topological polar surface area (TPSA) is 83.7 Å². The van der Waals surface area contributed by atoms with E-state index in [9.17, 15) is 4.79 Å². The van der Waals surface area contributed by atoms with E-state index in [0.29, 0.717) is 38.0 Å². The summed E-state index contributed by atoms with van der Waals surface area (Å²) in [7, 11) is 3.08. The fraction of sp³-hybridized carbons (Fsp3) is 0.727. The Kier molecular flexibility index (Phi) is 7.16. The van der Waals surface area contributed by atoms with Gasteiger partial charge in [-0.15, -0.1) is 0 Å². The van der Waals surface area contributed by atoms with Crippen LogP contribution in [0.15, 0.2) is 4.52 Å². The second-order valence-corrected chi connectivity index (χ2v) is 3.61. The van der Waals surface area contributed by atoms with E-state index in [-0.39, 0.29) is 18.8 Å². The lowest BCUT2D eigenvalue weighted by Gasteiger charge is -1.99. The first-order valence-electron chi connectivity index (χ1n) is 5.65. The van der Waals surface area contributed by atoms with Crippen LogP contribution in [0, 0.1) is 0 Å². The van der Waals surface area contributed by atoms with Crippen LogP contribution in [0.3, 0.4) is 0 Å². The van der Waals surface area contributed by atoms with Gasteiger partial charge in [0.05, 0.1) is 26.2 Å². The second-order valence-electron chi connectivity index (χ2n) is 3.61. The van der Waals surface area contributed by atoms with Crippen LogP contribution in [0.4, 0.5) is 0 Å². The number of hydrogen-bond acceptors (Lipinski definition) is 7. The molecule has 0 saturated carbocycles. The van der Waals surface area contributed by atoms with Crippen LogP contribution in [0.2, 0.25) is 0 Å². The second kappa shape index (κ2) is 8.73. The zero-order chi connectivity index (χ0) is 13.2. The highest BCUT2D eigenvalue weighted by molar-refractivity contribution is 5.81. The molecule has 102 valence electrons. The highest BCUT2D eigenvalue weighted by Gasteiger charge is 2.10. The molecule has 1 heterocycles. The van der Waals surface area contributed by atoms with Crippen molar-refractivity contribution < 1.29 is 23.5 Å². The number of methoxy groups -OCH3 is 2. The molecule has 0 amide bonds. The molecule has 1 rings (SSSR count). The molecule has 1 aromatic rings. The van der Waals surface area contributed by atoms with Crippen molar-refractivity contribution in [1.29, 1.82) is 0 Å². The van der Waals surface area contributed by atoms with Gasteiger partial charge >= 0.3 is 0 Å². The fourth-order valence-electron chi connectivity index (χ4n) is 1.25. The van der Waals surface area contributed by atoms with Crippen molar-refractivity contribution in [2.45, 2.75) is 12.8 Å². The molecule has 0 aliphatic carbocycles. The lowest BCUT2D eigenvalue weighted by atomic mass is 10.3. The SMILES string of the molecule is COCCOCCc1noc(CC(=O)COC)n1. The Morgan fingerprint density at radius 1 is 1.22 bits per heavy atom. The minimum Gasteiger partial charge on any atom is -0.382 e. The maximum absolute atomic E-state index is 11.3. The van der Waals surface area contributed by atoms with E-state index < -0.39 is 0 Å². The summed E-state index contributed by atoms with van der Waals surface area (Å²) in [4.78, 5) is 15.3. The molecule has 1 aromatic heterocycles. The molecule has 18 heavy (non-hydrogen) atoms. The number of aromatic nitrogens is 2. The predicted octanol–water partition coefficient (Wildman–Crippen LogP) is 0.0331. The van der Waals surface area contributed by atoms with E-state index in [1.165, 1.54) is 7.11 Å². The number of carbonyl (C=O) groups excluding carboxylic acids is 1. The van der Waals surface area contributed by atoms with Gasteiger partial charge in [0, 0.05) is 20.6 Å². The van der Waals surface area contributed by atoms with E-state index >= 15 is 0 Å². The first kappa shape index (κ1) is 14.7. The molecule has 0 unspecified atom stereocenters. The fourth-order valence-corrected chi connectivity index (χ4v) is 1.25. The van der Waals surface area contributed by atoms with Crippen LogP contribution in [0.5, 0.6) is 0 Å². The number of ketones is 1. The minimum atomic E-state index is -0.0935. The summed E-state index contributed by atoms with van der Waals surface area (Å²) >= 11 is 0. The molecule has 0 aromatic carbocycles. The Bertz CT molecular complexity index is 353. The number of Topliss-reactive ketones (excluding diaryl/α,β-unsaturated/α-hetero) is 1. The lowest BCUT2D eigenvalue weighted by molar-refractivity contribution is -0.122. The monoisotopic (exact) mass is 258 g/mol. The van der Waals surface area contributed by atoms with Gasteiger partial charge in [0.1, 0.15) is 6.61 Å². The molecule has 0 spiro atoms. The van der Waals surface area contributed by atoms with Gasteiger partial charge in [0.2, 0.25) is 5.89 Å². The van der Waals surface area contributed by atoms with Crippen molar-refractivity contribution in [2.75, 3.05) is 40.6 Å². The third-order valence-electron chi connectivity index (χ3n) is 2.07. The number of hydrogen-bond donors (Lipinski definition) is 0. The Hall–Kier alpha value is -1.31. The summed E-state index contributed by atoms with van der Waals surface area (Å²) in [6, 6.07) is 0. The van der Waals surface area contributed by atoms with Gasteiger partial charge in [-0.1, -0.05) is 5.16 Å². The summed E-state index contributed by atoms with van der Waals surface area (Å²) in [6.45, 7) is 1.64. The van der Waals surface area contributed by atoms with Crippen LogP contribution in [0.1, 0.15) is 11.7 Å². The van der Waals surface area contributed by atoms with E-state index in [1.54, 1.807) is 7.11 Å². The standard InChI is InChI=1S/C11H18N2O5/c1-15-5-6-17-4-3-10-12-11(18-13-10)7-9(14)8-16-2/h3-8H2,1-2H3. The number of rotatable bonds is 10. The molecule has 0 radical (unpaired) electrons. The molecule has 0 atom stereocenters. The Labute approximate surface area is 105 Å². The number of nitrogens with zero attached hydrogens (tertiary/aromatic N) is 2. The van der Waals surface area contributed by atoms with Crippen molar-refractivity contribution in [1.82, 2.24) is 10.1 Å². The van der Waals surface area contributed by atoms with E-state index in [2.05, 4.69) is 10.1 Å². The van der Waals surface area contributed by atoms with Gasteiger partial charge in [-0.2, -0.15) is 4.98 Å². The van der Waals surface area contributed by atoms with Gasteiger partial charge < -0.3 is 18.7 Å². The first-order chi connectivity index (χ1) is 8.76. The number of carbonyl (C=O) groups is 1.